The fraction of sp³-hybridized carbons (Fsp3) is 0.409. The number of halogens is 4. The van der Waals surface area contributed by atoms with E-state index < -0.39 is 23.7 Å². The number of benzene rings is 1. The third-order valence-corrected chi connectivity index (χ3v) is 6.80. The van der Waals surface area contributed by atoms with Crippen LogP contribution in [0.15, 0.2) is 24.3 Å². The lowest BCUT2D eigenvalue weighted by atomic mass is 10.0. The Balaban J connectivity index is 2.11. The number of esters is 1. The van der Waals surface area contributed by atoms with Crippen LogP contribution in [0.25, 0.3) is 0 Å². The first-order chi connectivity index (χ1) is 15.6. The molecule has 1 aliphatic carbocycles. The van der Waals surface area contributed by atoms with E-state index in [1.54, 1.807) is 5.32 Å². The molecule has 1 aromatic heterocycles. The van der Waals surface area contributed by atoms with Crippen molar-refractivity contribution in [3.8, 4) is 6.07 Å². The number of carbonyl (C=O) groups excluding carboxylic acids is 2. The number of amides is 1. The Hall–Kier alpha value is -2.77. The number of nitrogens with zero attached hydrogens (tertiary/aromatic N) is 1. The highest BCUT2D eigenvalue weighted by Crippen LogP contribution is 2.41. The minimum Gasteiger partial charge on any atom is -0.463 e. The van der Waals surface area contributed by atoms with Gasteiger partial charge in [-0.1, -0.05) is 30.2 Å². The number of carbonyl (C=O) groups is 2. The molecule has 176 valence electrons. The van der Waals surface area contributed by atoms with E-state index in [9.17, 15) is 28.0 Å². The van der Waals surface area contributed by atoms with Gasteiger partial charge in [0.05, 0.1) is 22.8 Å². The van der Waals surface area contributed by atoms with Crippen molar-refractivity contribution in [1.29, 1.82) is 5.26 Å². The van der Waals surface area contributed by atoms with Gasteiger partial charge in [-0.3, -0.25) is 4.79 Å². The van der Waals surface area contributed by atoms with Gasteiger partial charge >= 0.3 is 17.8 Å². The van der Waals surface area contributed by atoms with Crippen molar-refractivity contribution in [2.45, 2.75) is 50.9 Å². The number of rotatable bonds is 6. The van der Waals surface area contributed by atoms with Crippen LogP contribution in [0.5, 0.6) is 0 Å². The van der Waals surface area contributed by atoms with Crippen molar-refractivity contribution in [2.75, 3.05) is 11.9 Å². The Morgan fingerprint density at radius 2 is 1.91 bits per heavy atom. The van der Waals surface area contributed by atoms with Crippen LogP contribution in [0, 0.1) is 11.3 Å². The van der Waals surface area contributed by atoms with Gasteiger partial charge < -0.3 is 15.4 Å². The molecule has 0 saturated carbocycles. The lowest BCUT2D eigenvalue weighted by Gasteiger charge is -2.35. The number of aryl methyl sites for hydroxylation is 1. The highest BCUT2D eigenvalue weighted by atomic mass is 35.5. The summed E-state index contributed by atoms with van der Waals surface area (Å²) in [4.78, 5) is 26.3. The molecule has 0 bridgehead atoms. The number of nitriles is 1. The molecule has 0 aliphatic heterocycles. The van der Waals surface area contributed by atoms with E-state index >= 15 is 0 Å². The van der Waals surface area contributed by atoms with Crippen LogP contribution in [-0.2, 0) is 22.4 Å². The minimum absolute atomic E-state index is 0.0433. The van der Waals surface area contributed by atoms with Gasteiger partial charge in [0.25, 0.3) is 5.91 Å². The molecule has 3 rings (SSSR count). The van der Waals surface area contributed by atoms with Crippen molar-refractivity contribution in [3.63, 3.8) is 0 Å². The van der Waals surface area contributed by atoms with Crippen molar-refractivity contribution in [3.05, 3.63) is 50.9 Å². The van der Waals surface area contributed by atoms with E-state index in [4.69, 9.17) is 16.3 Å². The normalized spacial score (nSPS) is 15.4. The van der Waals surface area contributed by atoms with Crippen molar-refractivity contribution < 1.29 is 27.5 Å². The molecule has 33 heavy (non-hydrogen) atoms. The van der Waals surface area contributed by atoms with Crippen LogP contribution >= 0.6 is 22.9 Å². The van der Waals surface area contributed by atoms with Gasteiger partial charge in [0.1, 0.15) is 11.1 Å². The van der Waals surface area contributed by atoms with Gasteiger partial charge in [0.2, 0.25) is 0 Å². The van der Waals surface area contributed by atoms with Crippen LogP contribution in [0.2, 0.25) is 5.02 Å². The number of ether oxygens (including phenoxy) is 1. The van der Waals surface area contributed by atoms with Crippen molar-refractivity contribution in [2.24, 2.45) is 0 Å². The van der Waals surface area contributed by atoms with Gasteiger partial charge in [-0.25, -0.2) is 4.79 Å². The van der Waals surface area contributed by atoms with Gasteiger partial charge in [-0.2, -0.15) is 18.4 Å². The number of hydrogen-bond donors (Lipinski definition) is 2. The van der Waals surface area contributed by atoms with Crippen molar-refractivity contribution >= 4 is 39.8 Å². The molecular weight excluding hydrogens is 479 g/mol. The Morgan fingerprint density at radius 3 is 2.55 bits per heavy atom. The SMILES string of the molecule is CCOC(=O)C(NC(=O)c1ccccc1Cl)(Nc1sc2c(c1C#N)CCCCC2)C(F)(F)F. The summed E-state index contributed by atoms with van der Waals surface area (Å²) in [7, 11) is 0. The summed E-state index contributed by atoms with van der Waals surface area (Å²) >= 11 is 6.96. The van der Waals surface area contributed by atoms with Crippen LogP contribution in [0.3, 0.4) is 0 Å². The molecule has 1 aliphatic rings. The van der Waals surface area contributed by atoms with E-state index in [0.717, 1.165) is 35.5 Å². The maximum absolute atomic E-state index is 14.5. The first kappa shape index (κ1) is 24.9. The second kappa shape index (κ2) is 10.0. The molecule has 11 heteroatoms. The molecule has 6 nitrogen and oxygen atoms in total. The second-order valence-electron chi connectivity index (χ2n) is 7.41. The van der Waals surface area contributed by atoms with Crippen LogP contribution in [0.4, 0.5) is 18.2 Å². The first-order valence-electron chi connectivity index (χ1n) is 10.3. The number of hydrogen-bond acceptors (Lipinski definition) is 6. The van der Waals surface area contributed by atoms with E-state index in [1.807, 2.05) is 6.07 Å². The Morgan fingerprint density at radius 1 is 1.21 bits per heavy atom. The number of nitrogens with one attached hydrogen (secondary N) is 2. The summed E-state index contributed by atoms with van der Waals surface area (Å²) in [6, 6.07) is 7.48. The summed E-state index contributed by atoms with van der Waals surface area (Å²) in [6.07, 6.45) is -1.52. The molecule has 1 amide bonds. The van der Waals surface area contributed by atoms with Gasteiger partial charge in [-0.15, -0.1) is 11.3 Å². The van der Waals surface area contributed by atoms with Gasteiger partial charge in [0.15, 0.2) is 0 Å². The van der Waals surface area contributed by atoms with E-state index in [-0.39, 0.29) is 27.8 Å². The molecule has 0 saturated heterocycles. The number of fused-ring (bicyclic) bond motifs is 1. The zero-order valence-electron chi connectivity index (χ0n) is 17.6. The van der Waals surface area contributed by atoms with Crippen LogP contribution in [0.1, 0.15) is 52.5 Å². The van der Waals surface area contributed by atoms with E-state index in [1.165, 1.54) is 31.2 Å². The molecule has 2 aromatic rings. The third-order valence-electron chi connectivity index (χ3n) is 5.26. The molecular formula is C22H21ClF3N3O3S. The minimum atomic E-state index is -5.32. The fourth-order valence-corrected chi connectivity index (χ4v) is 5.15. The maximum Gasteiger partial charge on any atom is 0.441 e. The van der Waals surface area contributed by atoms with Crippen molar-refractivity contribution in [1.82, 2.24) is 5.32 Å². The van der Waals surface area contributed by atoms with Crippen LogP contribution in [-0.4, -0.2) is 30.3 Å². The quantitative estimate of drug-likeness (QED) is 0.323. The molecule has 1 heterocycles. The fourth-order valence-electron chi connectivity index (χ4n) is 3.63. The van der Waals surface area contributed by atoms with E-state index in [0.29, 0.717) is 18.4 Å². The largest absolute Gasteiger partial charge is 0.463 e. The Bertz CT molecular complexity index is 1100. The summed E-state index contributed by atoms with van der Waals surface area (Å²) < 4.78 is 48.2. The van der Waals surface area contributed by atoms with Crippen LogP contribution < -0.4 is 10.6 Å². The predicted molar refractivity (Wildman–Crippen MR) is 118 cm³/mol. The molecule has 1 aromatic carbocycles. The Labute approximate surface area is 197 Å². The average molecular weight is 500 g/mol. The standard InChI is InChI=1S/C22H21ClF3N3O3S/c1-2-32-20(31)21(22(24,25)26,28-18(30)14-9-6-7-10-16(14)23)29-19-15(12-27)13-8-4-3-5-11-17(13)33-19/h6-7,9-10,29H,2-5,8,11H2,1H3,(H,28,30). The third kappa shape index (κ3) is 4.94. The molecule has 0 radical (unpaired) electrons. The maximum atomic E-state index is 14.5. The summed E-state index contributed by atoms with van der Waals surface area (Å²) in [5.41, 5.74) is -3.16. The lowest BCUT2D eigenvalue weighted by molar-refractivity contribution is -0.204. The summed E-state index contributed by atoms with van der Waals surface area (Å²) in [5, 5.41) is 13.4. The summed E-state index contributed by atoms with van der Waals surface area (Å²) in [5.74, 6) is -2.97. The second-order valence-corrected chi connectivity index (χ2v) is 8.92. The number of anilines is 1. The monoisotopic (exact) mass is 499 g/mol. The van der Waals surface area contributed by atoms with Gasteiger partial charge in [0, 0.05) is 4.88 Å². The number of thiophene rings is 1. The topological polar surface area (TPSA) is 91.2 Å². The smallest absolute Gasteiger partial charge is 0.441 e. The molecule has 1 unspecified atom stereocenters. The van der Waals surface area contributed by atoms with E-state index in [2.05, 4.69) is 5.32 Å². The average Bonchev–Trinajstić information content (AvgIpc) is 2.91. The Kier molecular flexibility index (Phi) is 7.55. The molecule has 0 spiro atoms. The van der Waals surface area contributed by atoms with Gasteiger partial charge in [-0.05, 0) is 50.3 Å². The predicted octanol–water partition coefficient (Wildman–Crippen LogP) is 5.21. The molecule has 1 atom stereocenters. The molecule has 2 N–H and O–H groups in total. The highest BCUT2D eigenvalue weighted by Gasteiger charge is 2.64. The molecule has 0 fully saturated rings. The zero-order valence-corrected chi connectivity index (χ0v) is 19.2. The first-order valence-corrected chi connectivity index (χ1v) is 11.5. The number of alkyl halides is 3. The zero-order chi connectivity index (χ0) is 24.2. The summed E-state index contributed by atoms with van der Waals surface area (Å²) in [6.45, 7) is 0.995. The lowest BCUT2D eigenvalue weighted by Crippen LogP contribution is -2.69. The highest BCUT2D eigenvalue weighted by molar-refractivity contribution is 7.16.